The molecular formula is C18H27N3O4S. The fourth-order valence-corrected chi connectivity index (χ4v) is 4.40. The van der Waals surface area contributed by atoms with Crippen LogP contribution in [0.15, 0.2) is 12.1 Å². The Morgan fingerprint density at radius 1 is 1.08 bits per heavy atom. The van der Waals surface area contributed by atoms with E-state index in [-0.39, 0.29) is 17.6 Å². The Morgan fingerprint density at radius 3 is 2.38 bits per heavy atom. The minimum atomic E-state index is -2.91. The van der Waals surface area contributed by atoms with Gasteiger partial charge in [0.2, 0.25) is 0 Å². The largest absolute Gasteiger partial charge is 0.444 e. The van der Waals surface area contributed by atoms with Gasteiger partial charge in [-0.1, -0.05) is 6.07 Å². The maximum Gasteiger partial charge on any atom is 0.410 e. The molecule has 1 saturated heterocycles. The minimum absolute atomic E-state index is 0.179. The van der Waals surface area contributed by atoms with E-state index in [9.17, 15) is 13.2 Å². The van der Waals surface area contributed by atoms with Gasteiger partial charge in [-0.05, 0) is 38.8 Å². The summed E-state index contributed by atoms with van der Waals surface area (Å²) in [6, 6.07) is 4.01. The quantitative estimate of drug-likeness (QED) is 0.736. The van der Waals surface area contributed by atoms with E-state index in [1.54, 1.807) is 4.90 Å². The molecule has 3 heterocycles. The maximum atomic E-state index is 12.3. The summed E-state index contributed by atoms with van der Waals surface area (Å²) in [6.45, 7) is 7.76. The van der Waals surface area contributed by atoms with Crippen LogP contribution in [0.2, 0.25) is 0 Å². The van der Waals surface area contributed by atoms with Crippen molar-refractivity contribution in [3.8, 4) is 0 Å². The van der Waals surface area contributed by atoms with E-state index in [0.717, 1.165) is 23.5 Å². The molecule has 0 bridgehead atoms. The van der Waals surface area contributed by atoms with Gasteiger partial charge >= 0.3 is 6.09 Å². The van der Waals surface area contributed by atoms with Gasteiger partial charge in [-0.3, -0.25) is 0 Å². The van der Waals surface area contributed by atoms with Crippen LogP contribution in [0.25, 0.3) is 0 Å². The third-order valence-corrected chi connectivity index (χ3v) is 6.25. The summed E-state index contributed by atoms with van der Waals surface area (Å²) in [5.41, 5.74) is 1.63. The first-order valence-corrected chi connectivity index (χ1v) is 10.9. The number of carbonyl (C=O) groups excluding carboxylic acids is 1. The summed E-state index contributed by atoms with van der Waals surface area (Å²) in [7, 11) is -2.91. The van der Waals surface area contributed by atoms with E-state index in [4.69, 9.17) is 9.72 Å². The van der Waals surface area contributed by atoms with Gasteiger partial charge < -0.3 is 14.5 Å². The fraction of sp³-hybridized carbons (Fsp3) is 0.667. The second-order valence-corrected chi connectivity index (χ2v) is 10.2. The van der Waals surface area contributed by atoms with Gasteiger partial charge in [0.05, 0.1) is 11.5 Å². The number of hydrogen-bond acceptors (Lipinski definition) is 6. The highest BCUT2D eigenvalue weighted by Gasteiger charge is 2.26. The Morgan fingerprint density at radius 2 is 1.73 bits per heavy atom. The molecule has 0 unspecified atom stereocenters. The molecule has 1 aromatic heterocycles. The molecule has 1 fully saturated rings. The van der Waals surface area contributed by atoms with E-state index in [1.807, 2.05) is 31.7 Å². The van der Waals surface area contributed by atoms with Crippen molar-refractivity contribution >= 4 is 21.7 Å². The molecule has 7 nitrogen and oxygen atoms in total. The van der Waals surface area contributed by atoms with Crippen LogP contribution >= 0.6 is 0 Å². The predicted octanol–water partition coefficient (Wildman–Crippen LogP) is 1.65. The number of fused-ring (bicyclic) bond motifs is 1. The summed E-state index contributed by atoms with van der Waals surface area (Å²) in [6.07, 6.45) is 1.14. The number of carbonyl (C=O) groups is 1. The fourth-order valence-electron chi connectivity index (χ4n) is 3.20. The third-order valence-electron chi connectivity index (χ3n) is 4.64. The average Bonchev–Trinajstić information content (AvgIpc) is 2.75. The summed E-state index contributed by atoms with van der Waals surface area (Å²) >= 11 is 0. The van der Waals surface area contributed by atoms with E-state index < -0.39 is 15.4 Å². The molecule has 2 aliphatic heterocycles. The van der Waals surface area contributed by atoms with Crippen LogP contribution in [-0.2, 0) is 27.4 Å². The predicted molar refractivity (Wildman–Crippen MR) is 100 cm³/mol. The van der Waals surface area contributed by atoms with Crippen LogP contribution in [0.1, 0.15) is 32.0 Å². The van der Waals surface area contributed by atoms with Crippen LogP contribution in [0.4, 0.5) is 10.6 Å². The number of amides is 1. The standard InChI is InChI=1S/C18H27N3O4S/c1-18(2,3)25-17(22)21-8-6-14-4-5-16(19-15(14)7-9-21)20-10-12-26(23,24)13-11-20/h4-5H,6-13H2,1-3H3. The zero-order valence-electron chi connectivity index (χ0n) is 15.7. The first kappa shape index (κ1) is 18.9. The average molecular weight is 381 g/mol. The Labute approximate surface area is 155 Å². The zero-order chi connectivity index (χ0) is 18.9. The summed E-state index contributed by atoms with van der Waals surface area (Å²) in [4.78, 5) is 20.8. The number of rotatable bonds is 1. The minimum Gasteiger partial charge on any atom is -0.444 e. The summed E-state index contributed by atoms with van der Waals surface area (Å²) in [5.74, 6) is 1.18. The Kier molecular flexibility index (Phi) is 5.14. The van der Waals surface area contributed by atoms with Crippen LogP contribution in [0, 0.1) is 0 Å². The third kappa shape index (κ3) is 4.66. The monoisotopic (exact) mass is 381 g/mol. The molecule has 1 aromatic rings. The van der Waals surface area contributed by atoms with Crippen molar-refractivity contribution in [2.45, 2.75) is 39.2 Å². The van der Waals surface area contributed by atoms with E-state index in [1.165, 1.54) is 0 Å². The normalized spacial score (nSPS) is 20.3. The molecule has 3 rings (SSSR count). The van der Waals surface area contributed by atoms with Crippen molar-refractivity contribution in [2.24, 2.45) is 0 Å². The SMILES string of the molecule is CC(C)(C)OC(=O)N1CCc2ccc(N3CCS(=O)(=O)CC3)nc2CC1. The van der Waals surface area contributed by atoms with E-state index in [2.05, 4.69) is 6.07 Å². The lowest BCUT2D eigenvalue weighted by Gasteiger charge is -2.28. The van der Waals surface area contributed by atoms with Gasteiger partial charge in [0, 0.05) is 38.3 Å². The highest BCUT2D eigenvalue weighted by atomic mass is 32.2. The lowest BCUT2D eigenvalue weighted by Crippen LogP contribution is -2.40. The molecular weight excluding hydrogens is 354 g/mol. The van der Waals surface area contributed by atoms with Crippen molar-refractivity contribution in [1.29, 1.82) is 0 Å². The number of nitrogens with zero attached hydrogens (tertiary/aromatic N) is 3. The maximum absolute atomic E-state index is 12.3. The van der Waals surface area contributed by atoms with Crippen molar-refractivity contribution in [1.82, 2.24) is 9.88 Å². The van der Waals surface area contributed by atoms with Crippen LogP contribution in [-0.4, -0.2) is 67.7 Å². The molecule has 0 atom stereocenters. The van der Waals surface area contributed by atoms with Gasteiger partial charge in [-0.2, -0.15) is 0 Å². The van der Waals surface area contributed by atoms with Gasteiger partial charge in [-0.25, -0.2) is 18.2 Å². The lowest BCUT2D eigenvalue weighted by molar-refractivity contribution is 0.0258. The number of aromatic nitrogens is 1. The first-order valence-electron chi connectivity index (χ1n) is 9.05. The van der Waals surface area contributed by atoms with Gasteiger partial charge in [0.1, 0.15) is 11.4 Å². The topological polar surface area (TPSA) is 79.8 Å². The Hall–Kier alpha value is -1.83. The highest BCUT2D eigenvalue weighted by molar-refractivity contribution is 7.91. The summed E-state index contributed by atoms with van der Waals surface area (Å²) < 4.78 is 28.7. The number of ether oxygens (including phenoxy) is 1. The van der Waals surface area contributed by atoms with Crippen molar-refractivity contribution in [3.05, 3.63) is 23.4 Å². The molecule has 2 aliphatic rings. The molecule has 0 aromatic carbocycles. The highest BCUT2D eigenvalue weighted by Crippen LogP contribution is 2.21. The molecule has 0 N–H and O–H groups in total. The second kappa shape index (κ2) is 7.06. The summed E-state index contributed by atoms with van der Waals surface area (Å²) in [5, 5.41) is 0. The number of hydrogen-bond donors (Lipinski definition) is 0. The molecule has 8 heteroatoms. The molecule has 144 valence electrons. The molecule has 26 heavy (non-hydrogen) atoms. The van der Waals surface area contributed by atoms with Crippen molar-refractivity contribution in [3.63, 3.8) is 0 Å². The first-order chi connectivity index (χ1) is 12.1. The van der Waals surface area contributed by atoms with Crippen LogP contribution in [0.5, 0.6) is 0 Å². The Bertz CT molecular complexity index is 772. The molecule has 0 radical (unpaired) electrons. The zero-order valence-corrected chi connectivity index (χ0v) is 16.5. The van der Waals surface area contributed by atoms with E-state index >= 15 is 0 Å². The molecule has 0 aliphatic carbocycles. The van der Waals surface area contributed by atoms with Gasteiger partial charge in [0.25, 0.3) is 0 Å². The number of pyridine rings is 1. The lowest BCUT2D eigenvalue weighted by atomic mass is 10.1. The number of anilines is 1. The van der Waals surface area contributed by atoms with Gasteiger partial charge in [0.15, 0.2) is 9.84 Å². The number of sulfone groups is 1. The molecule has 1 amide bonds. The van der Waals surface area contributed by atoms with Crippen LogP contribution < -0.4 is 4.90 Å². The second-order valence-electron chi connectivity index (χ2n) is 7.88. The Balaban J connectivity index is 1.68. The molecule has 0 spiro atoms. The van der Waals surface area contributed by atoms with Crippen LogP contribution in [0.3, 0.4) is 0 Å². The van der Waals surface area contributed by atoms with Gasteiger partial charge in [-0.15, -0.1) is 0 Å². The smallest absolute Gasteiger partial charge is 0.410 e. The van der Waals surface area contributed by atoms with E-state index in [0.29, 0.717) is 32.6 Å². The molecule has 0 saturated carbocycles. The van der Waals surface area contributed by atoms with Crippen molar-refractivity contribution < 1.29 is 17.9 Å². The van der Waals surface area contributed by atoms with Crippen molar-refractivity contribution in [2.75, 3.05) is 42.6 Å².